The maximum atomic E-state index is 12.9. The number of amides is 2. The molecule has 0 fully saturated rings. The Morgan fingerprint density at radius 1 is 1.17 bits per heavy atom. The Morgan fingerprint density at radius 3 is 2.50 bits per heavy atom. The molecule has 24 heavy (non-hydrogen) atoms. The Bertz CT molecular complexity index is 747. The zero-order chi connectivity index (χ0) is 17.3. The second kappa shape index (κ2) is 6.40. The van der Waals surface area contributed by atoms with Crippen LogP contribution in [0.25, 0.3) is 0 Å². The van der Waals surface area contributed by atoms with Crippen LogP contribution in [0.4, 0.5) is 0 Å². The van der Waals surface area contributed by atoms with Gasteiger partial charge in [0.1, 0.15) is 6.04 Å². The number of carbonyl (C=O) groups is 2. The summed E-state index contributed by atoms with van der Waals surface area (Å²) < 4.78 is 0. The average molecular weight is 342 g/mol. The van der Waals surface area contributed by atoms with Crippen molar-refractivity contribution in [3.8, 4) is 0 Å². The van der Waals surface area contributed by atoms with Crippen LogP contribution in [0.15, 0.2) is 41.1 Å². The van der Waals surface area contributed by atoms with Gasteiger partial charge in [-0.1, -0.05) is 24.3 Å². The minimum atomic E-state index is -0.480. The highest BCUT2D eigenvalue weighted by Crippen LogP contribution is 2.26. The van der Waals surface area contributed by atoms with Crippen LogP contribution in [0.5, 0.6) is 0 Å². The van der Waals surface area contributed by atoms with Crippen LogP contribution >= 0.6 is 11.3 Å². The normalized spacial score (nSPS) is 17.3. The summed E-state index contributed by atoms with van der Waals surface area (Å²) in [4.78, 5) is 27.4. The third-order valence-electron chi connectivity index (χ3n) is 4.08. The van der Waals surface area contributed by atoms with Crippen LogP contribution in [0, 0.1) is 0 Å². The first-order chi connectivity index (χ1) is 11.3. The molecule has 1 aromatic heterocycles. The lowest BCUT2D eigenvalue weighted by Gasteiger charge is -2.37. The maximum Gasteiger partial charge on any atom is 0.255 e. The van der Waals surface area contributed by atoms with Gasteiger partial charge in [-0.05, 0) is 43.3 Å². The molecule has 4 nitrogen and oxygen atoms in total. The molecule has 0 radical (unpaired) electrons. The van der Waals surface area contributed by atoms with E-state index in [2.05, 4.69) is 5.32 Å². The molecule has 3 rings (SSSR count). The lowest BCUT2D eigenvalue weighted by molar-refractivity contribution is -0.127. The Labute approximate surface area is 146 Å². The first-order valence-corrected chi connectivity index (χ1v) is 9.01. The van der Waals surface area contributed by atoms with Gasteiger partial charge >= 0.3 is 0 Å². The molecule has 0 aliphatic carbocycles. The molecule has 5 heteroatoms. The van der Waals surface area contributed by atoms with E-state index in [9.17, 15) is 9.59 Å². The van der Waals surface area contributed by atoms with Crippen molar-refractivity contribution in [3.63, 3.8) is 0 Å². The summed E-state index contributed by atoms with van der Waals surface area (Å²) >= 11 is 1.49. The average Bonchev–Trinajstić information content (AvgIpc) is 3.05. The quantitative estimate of drug-likeness (QED) is 0.911. The van der Waals surface area contributed by atoms with Crippen molar-refractivity contribution in [1.82, 2.24) is 10.2 Å². The molecule has 2 amide bonds. The second-order valence-corrected chi connectivity index (χ2v) is 7.95. The van der Waals surface area contributed by atoms with Crippen molar-refractivity contribution in [1.29, 1.82) is 0 Å². The zero-order valence-corrected chi connectivity index (χ0v) is 15.0. The van der Waals surface area contributed by atoms with E-state index < -0.39 is 6.04 Å². The van der Waals surface area contributed by atoms with Crippen LogP contribution in [-0.2, 0) is 17.8 Å². The number of hydrogen-bond acceptors (Lipinski definition) is 3. The third kappa shape index (κ3) is 3.51. The molecule has 1 aromatic carbocycles. The van der Waals surface area contributed by atoms with Crippen molar-refractivity contribution >= 4 is 23.2 Å². The summed E-state index contributed by atoms with van der Waals surface area (Å²) in [6.45, 7) is 6.32. The summed E-state index contributed by atoms with van der Waals surface area (Å²) in [5.41, 5.74) is 2.57. The highest BCUT2D eigenvalue weighted by molar-refractivity contribution is 7.08. The van der Waals surface area contributed by atoms with Gasteiger partial charge in [-0.3, -0.25) is 9.59 Å². The van der Waals surface area contributed by atoms with Crippen LogP contribution in [0.2, 0.25) is 0 Å². The molecule has 0 spiro atoms. The van der Waals surface area contributed by atoms with Crippen molar-refractivity contribution < 1.29 is 9.59 Å². The summed E-state index contributed by atoms with van der Waals surface area (Å²) in [5, 5.41) is 6.74. The van der Waals surface area contributed by atoms with Gasteiger partial charge in [0.25, 0.3) is 5.91 Å². The molecule has 1 aliphatic heterocycles. The monoisotopic (exact) mass is 342 g/mol. The van der Waals surface area contributed by atoms with Gasteiger partial charge in [0.05, 0.1) is 5.56 Å². The minimum absolute atomic E-state index is 0.0835. The molecule has 0 bridgehead atoms. The first-order valence-electron chi connectivity index (χ1n) is 8.07. The summed E-state index contributed by atoms with van der Waals surface area (Å²) in [7, 11) is 0. The van der Waals surface area contributed by atoms with E-state index in [4.69, 9.17) is 0 Å². The molecule has 0 saturated carbocycles. The van der Waals surface area contributed by atoms with E-state index >= 15 is 0 Å². The van der Waals surface area contributed by atoms with E-state index in [0.29, 0.717) is 18.5 Å². The van der Waals surface area contributed by atoms with Gasteiger partial charge in [0.15, 0.2) is 0 Å². The fourth-order valence-corrected chi connectivity index (χ4v) is 3.61. The summed E-state index contributed by atoms with van der Waals surface area (Å²) in [6.07, 6.45) is 0.550. The SMILES string of the molecule is CC(C)(C)NC(=O)[C@H]1Cc2ccccc2CN1C(=O)c1ccsc1. The second-order valence-electron chi connectivity index (χ2n) is 7.17. The molecule has 1 aliphatic rings. The summed E-state index contributed by atoms with van der Waals surface area (Å²) in [5.74, 6) is -0.180. The Hall–Kier alpha value is -2.14. The molecule has 2 aromatic rings. The number of thiophene rings is 1. The zero-order valence-electron chi connectivity index (χ0n) is 14.2. The Morgan fingerprint density at radius 2 is 1.88 bits per heavy atom. The number of nitrogens with one attached hydrogen (secondary N) is 1. The predicted octanol–water partition coefficient (Wildman–Crippen LogP) is 3.23. The van der Waals surface area contributed by atoms with Crippen LogP contribution in [-0.4, -0.2) is 28.3 Å². The molecule has 0 saturated heterocycles. The summed E-state index contributed by atoms with van der Waals surface area (Å²) in [6, 6.07) is 9.36. The van der Waals surface area contributed by atoms with E-state index in [-0.39, 0.29) is 17.4 Å². The standard InChI is InChI=1S/C19H22N2O2S/c1-19(2,3)20-17(22)16-10-13-6-4-5-7-14(13)11-21(16)18(23)15-8-9-24-12-15/h4-9,12,16H,10-11H2,1-3H3,(H,20,22)/t16-/m1/s1. The smallest absolute Gasteiger partial charge is 0.255 e. The van der Waals surface area contributed by atoms with E-state index in [1.165, 1.54) is 11.3 Å². The number of nitrogens with zero attached hydrogens (tertiary/aromatic N) is 1. The van der Waals surface area contributed by atoms with Crippen LogP contribution in [0.1, 0.15) is 42.3 Å². The number of carbonyl (C=O) groups excluding carboxylic acids is 2. The van der Waals surface area contributed by atoms with Crippen LogP contribution < -0.4 is 5.32 Å². The van der Waals surface area contributed by atoms with Crippen molar-refractivity contribution in [2.24, 2.45) is 0 Å². The number of hydrogen-bond donors (Lipinski definition) is 1. The van der Waals surface area contributed by atoms with Gasteiger partial charge in [0.2, 0.25) is 5.91 Å². The molecular weight excluding hydrogens is 320 g/mol. The molecule has 126 valence electrons. The Kier molecular flexibility index (Phi) is 4.45. The maximum absolute atomic E-state index is 12.9. The lowest BCUT2D eigenvalue weighted by Crippen LogP contribution is -2.55. The highest BCUT2D eigenvalue weighted by Gasteiger charge is 2.36. The Balaban J connectivity index is 1.93. The molecule has 2 heterocycles. The number of benzene rings is 1. The largest absolute Gasteiger partial charge is 0.350 e. The fraction of sp³-hybridized carbons (Fsp3) is 0.368. The lowest BCUT2D eigenvalue weighted by atomic mass is 9.92. The molecule has 0 unspecified atom stereocenters. The number of fused-ring (bicyclic) bond motifs is 1. The van der Waals surface area contributed by atoms with E-state index in [0.717, 1.165) is 11.1 Å². The topological polar surface area (TPSA) is 49.4 Å². The minimum Gasteiger partial charge on any atom is -0.350 e. The first kappa shape index (κ1) is 16.7. The van der Waals surface area contributed by atoms with Gasteiger partial charge in [-0.2, -0.15) is 11.3 Å². The van der Waals surface area contributed by atoms with Gasteiger partial charge in [-0.15, -0.1) is 0 Å². The molecule has 1 N–H and O–H groups in total. The molecule has 1 atom stereocenters. The van der Waals surface area contributed by atoms with Crippen molar-refractivity contribution in [3.05, 3.63) is 57.8 Å². The van der Waals surface area contributed by atoms with Crippen molar-refractivity contribution in [2.75, 3.05) is 0 Å². The van der Waals surface area contributed by atoms with Gasteiger partial charge in [0, 0.05) is 23.9 Å². The predicted molar refractivity (Wildman–Crippen MR) is 96.0 cm³/mol. The van der Waals surface area contributed by atoms with Crippen molar-refractivity contribution in [2.45, 2.75) is 45.3 Å². The van der Waals surface area contributed by atoms with Gasteiger partial charge in [-0.25, -0.2) is 0 Å². The molecular formula is C19H22N2O2S. The fourth-order valence-electron chi connectivity index (χ4n) is 2.98. The third-order valence-corrected chi connectivity index (χ3v) is 4.76. The van der Waals surface area contributed by atoms with Crippen LogP contribution in [0.3, 0.4) is 0 Å². The van der Waals surface area contributed by atoms with Gasteiger partial charge < -0.3 is 10.2 Å². The van der Waals surface area contributed by atoms with E-state index in [1.807, 2.05) is 61.9 Å². The van der Waals surface area contributed by atoms with E-state index in [1.54, 1.807) is 4.90 Å². The highest BCUT2D eigenvalue weighted by atomic mass is 32.1. The number of rotatable bonds is 2.